The molecule has 2 N–H and O–H groups in total. The molecule has 2 fully saturated rings. The van der Waals surface area contributed by atoms with Gasteiger partial charge in [-0.15, -0.1) is 0 Å². The van der Waals surface area contributed by atoms with Crippen LogP contribution in [0, 0.1) is 11.7 Å². The zero-order chi connectivity index (χ0) is 16.4. The number of hydrogen-bond acceptors (Lipinski definition) is 4. The Hall–Kier alpha value is -2.15. The minimum absolute atomic E-state index is 0.0587. The number of halogens is 1. The summed E-state index contributed by atoms with van der Waals surface area (Å²) in [4.78, 5) is 25.7. The van der Waals surface area contributed by atoms with E-state index in [1.165, 1.54) is 25.3 Å². The van der Waals surface area contributed by atoms with E-state index in [9.17, 15) is 14.0 Å². The van der Waals surface area contributed by atoms with Crippen molar-refractivity contribution in [2.24, 2.45) is 5.92 Å². The van der Waals surface area contributed by atoms with Crippen LogP contribution in [0.2, 0.25) is 0 Å². The molecule has 2 heterocycles. The highest BCUT2D eigenvalue weighted by Crippen LogP contribution is 2.26. The first-order valence-corrected chi connectivity index (χ1v) is 7.75. The standard InChI is InChI=1S/C16H20FN3O3/c1-23-16(22)19-13-8-11(2-3-12(13)17)15(21)20-7-5-10-4-6-18-14(10)9-20/h2-3,8,10,14,18H,4-7,9H2,1H3,(H,19,22)/t10-,14+/m0/s1. The van der Waals surface area contributed by atoms with E-state index in [1.54, 1.807) is 4.90 Å². The second-order valence-electron chi connectivity index (χ2n) is 5.96. The summed E-state index contributed by atoms with van der Waals surface area (Å²) in [5.74, 6) is -0.114. The van der Waals surface area contributed by atoms with Crippen LogP contribution in [0.5, 0.6) is 0 Å². The molecule has 1 aromatic rings. The van der Waals surface area contributed by atoms with Crippen molar-refractivity contribution in [1.29, 1.82) is 0 Å². The zero-order valence-corrected chi connectivity index (χ0v) is 13.0. The summed E-state index contributed by atoms with van der Waals surface area (Å²) in [6.45, 7) is 2.38. The Morgan fingerprint density at radius 2 is 2.22 bits per heavy atom. The third-order valence-electron chi connectivity index (χ3n) is 4.60. The molecule has 0 bridgehead atoms. The molecule has 0 aliphatic carbocycles. The second kappa shape index (κ2) is 6.54. The number of piperidine rings is 1. The molecule has 23 heavy (non-hydrogen) atoms. The predicted molar refractivity (Wildman–Crippen MR) is 82.8 cm³/mol. The Bertz CT molecular complexity index is 623. The lowest BCUT2D eigenvalue weighted by Gasteiger charge is -2.35. The number of carbonyl (C=O) groups excluding carboxylic acids is 2. The van der Waals surface area contributed by atoms with Crippen LogP contribution in [0.1, 0.15) is 23.2 Å². The van der Waals surface area contributed by atoms with E-state index in [0.717, 1.165) is 19.4 Å². The Morgan fingerprint density at radius 1 is 1.39 bits per heavy atom. The SMILES string of the molecule is COC(=O)Nc1cc(C(=O)N2CC[C@@H]3CCN[C@@H]3C2)ccc1F. The number of nitrogens with zero attached hydrogens (tertiary/aromatic N) is 1. The lowest BCUT2D eigenvalue weighted by molar-refractivity contribution is 0.0669. The van der Waals surface area contributed by atoms with Crippen LogP contribution in [-0.2, 0) is 4.74 Å². The smallest absolute Gasteiger partial charge is 0.411 e. The first-order chi connectivity index (χ1) is 11.1. The quantitative estimate of drug-likeness (QED) is 0.872. The molecule has 2 amide bonds. The van der Waals surface area contributed by atoms with Gasteiger partial charge in [-0.25, -0.2) is 9.18 Å². The van der Waals surface area contributed by atoms with Crippen molar-refractivity contribution in [2.45, 2.75) is 18.9 Å². The molecule has 3 rings (SSSR count). The summed E-state index contributed by atoms with van der Waals surface area (Å²) in [6, 6.07) is 4.32. The topological polar surface area (TPSA) is 70.7 Å². The fraction of sp³-hybridized carbons (Fsp3) is 0.500. The largest absolute Gasteiger partial charge is 0.453 e. The molecule has 124 valence electrons. The fourth-order valence-corrected chi connectivity index (χ4v) is 3.31. The van der Waals surface area contributed by atoms with Gasteiger partial charge in [0.2, 0.25) is 0 Å². The van der Waals surface area contributed by atoms with Crippen LogP contribution in [0.15, 0.2) is 18.2 Å². The Morgan fingerprint density at radius 3 is 3.00 bits per heavy atom. The van der Waals surface area contributed by atoms with Gasteiger partial charge < -0.3 is 15.0 Å². The predicted octanol–water partition coefficient (Wildman–Crippen LogP) is 1.83. The molecule has 2 saturated heterocycles. The van der Waals surface area contributed by atoms with Crippen molar-refractivity contribution in [3.05, 3.63) is 29.6 Å². The summed E-state index contributed by atoms with van der Waals surface area (Å²) in [5.41, 5.74) is 0.297. The number of nitrogens with one attached hydrogen (secondary N) is 2. The monoisotopic (exact) mass is 321 g/mol. The average Bonchev–Trinajstić information content (AvgIpc) is 3.03. The molecule has 2 aliphatic heterocycles. The number of ether oxygens (including phenoxy) is 1. The number of amides is 2. The molecule has 6 nitrogen and oxygen atoms in total. The van der Waals surface area contributed by atoms with Gasteiger partial charge in [-0.3, -0.25) is 10.1 Å². The Kier molecular flexibility index (Phi) is 4.47. The highest BCUT2D eigenvalue weighted by Gasteiger charge is 2.34. The summed E-state index contributed by atoms with van der Waals surface area (Å²) in [5, 5.41) is 5.70. The third kappa shape index (κ3) is 3.29. The maximum atomic E-state index is 13.7. The number of methoxy groups -OCH3 is 1. The number of likely N-dealkylation sites (tertiary alicyclic amines) is 1. The van der Waals surface area contributed by atoms with Gasteiger partial charge in [-0.1, -0.05) is 0 Å². The van der Waals surface area contributed by atoms with Crippen LogP contribution < -0.4 is 10.6 Å². The molecule has 7 heteroatoms. The summed E-state index contributed by atoms with van der Waals surface area (Å²) in [6.07, 6.45) is 1.37. The summed E-state index contributed by atoms with van der Waals surface area (Å²) < 4.78 is 18.2. The first kappa shape index (κ1) is 15.7. The van der Waals surface area contributed by atoms with Gasteiger partial charge in [-0.2, -0.15) is 0 Å². The van der Waals surface area contributed by atoms with E-state index >= 15 is 0 Å². The van der Waals surface area contributed by atoms with E-state index in [0.29, 0.717) is 30.6 Å². The number of carbonyl (C=O) groups is 2. The van der Waals surface area contributed by atoms with E-state index in [-0.39, 0.29) is 11.6 Å². The van der Waals surface area contributed by atoms with E-state index in [1.807, 2.05) is 0 Å². The highest BCUT2D eigenvalue weighted by molar-refractivity contribution is 5.96. The lowest BCUT2D eigenvalue weighted by Crippen LogP contribution is -2.48. The minimum atomic E-state index is -0.774. The van der Waals surface area contributed by atoms with E-state index in [4.69, 9.17) is 0 Å². The maximum absolute atomic E-state index is 13.7. The highest BCUT2D eigenvalue weighted by atomic mass is 19.1. The number of hydrogen-bond donors (Lipinski definition) is 2. The zero-order valence-electron chi connectivity index (χ0n) is 13.0. The molecule has 0 unspecified atom stereocenters. The minimum Gasteiger partial charge on any atom is -0.453 e. The number of benzene rings is 1. The van der Waals surface area contributed by atoms with E-state index < -0.39 is 11.9 Å². The van der Waals surface area contributed by atoms with Crippen molar-refractivity contribution < 1.29 is 18.7 Å². The molecular formula is C16H20FN3O3. The number of anilines is 1. The first-order valence-electron chi connectivity index (χ1n) is 7.75. The Labute approximate surface area is 134 Å². The van der Waals surface area contributed by atoms with Crippen molar-refractivity contribution in [2.75, 3.05) is 32.1 Å². The van der Waals surface area contributed by atoms with Crippen LogP contribution in [0.25, 0.3) is 0 Å². The van der Waals surface area contributed by atoms with Crippen molar-refractivity contribution in [3.8, 4) is 0 Å². The molecule has 0 aromatic heterocycles. The molecule has 0 radical (unpaired) electrons. The number of rotatable bonds is 2. The fourth-order valence-electron chi connectivity index (χ4n) is 3.31. The van der Waals surface area contributed by atoms with Gasteiger partial charge in [0.15, 0.2) is 0 Å². The van der Waals surface area contributed by atoms with Gasteiger partial charge in [0.25, 0.3) is 5.91 Å². The Balaban J connectivity index is 1.74. The molecule has 0 saturated carbocycles. The molecule has 0 spiro atoms. The third-order valence-corrected chi connectivity index (χ3v) is 4.60. The maximum Gasteiger partial charge on any atom is 0.411 e. The van der Waals surface area contributed by atoms with Gasteiger partial charge in [0.1, 0.15) is 5.82 Å². The second-order valence-corrected chi connectivity index (χ2v) is 5.96. The van der Waals surface area contributed by atoms with E-state index in [2.05, 4.69) is 15.4 Å². The molecular weight excluding hydrogens is 301 g/mol. The van der Waals surface area contributed by atoms with Crippen molar-refractivity contribution in [1.82, 2.24) is 10.2 Å². The molecule has 2 aliphatic rings. The van der Waals surface area contributed by atoms with Crippen LogP contribution in [0.4, 0.5) is 14.9 Å². The molecule has 1 aromatic carbocycles. The normalized spacial score (nSPS) is 23.3. The van der Waals surface area contributed by atoms with Crippen LogP contribution in [0.3, 0.4) is 0 Å². The van der Waals surface area contributed by atoms with Gasteiger partial charge >= 0.3 is 6.09 Å². The average molecular weight is 321 g/mol. The van der Waals surface area contributed by atoms with Gasteiger partial charge in [0.05, 0.1) is 12.8 Å². The van der Waals surface area contributed by atoms with Crippen LogP contribution in [-0.4, -0.2) is 49.7 Å². The number of fused-ring (bicyclic) bond motifs is 1. The summed E-state index contributed by atoms with van der Waals surface area (Å²) >= 11 is 0. The summed E-state index contributed by atoms with van der Waals surface area (Å²) in [7, 11) is 1.20. The van der Waals surface area contributed by atoms with Crippen molar-refractivity contribution in [3.63, 3.8) is 0 Å². The van der Waals surface area contributed by atoms with Gasteiger partial charge in [0, 0.05) is 24.7 Å². The van der Waals surface area contributed by atoms with Crippen LogP contribution >= 0.6 is 0 Å². The molecule has 2 atom stereocenters. The van der Waals surface area contributed by atoms with Gasteiger partial charge in [-0.05, 0) is 43.5 Å². The lowest BCUT2D eigenvalue weighted by atomic mass is 9.92. The van der Waals surface area contributed by atoms with Crippen molar-refractivity contribution >= 4 is 17.7 Å².